The maximum atomic E-state index is 11.7. The molecule has 7 nitrogen and oxygen atoms in total. The summed E-state index contributed by atoms with van der Waals surface area (Å²) in [5.74, 6) is -0.0409. The molecule has 1 amide bonds. The van der Waals surface area contributed by atoms with Crippen LogP contribution in [0.1, 0.15) is 23.2 Å². The number of aromatic nitrogens is 1. The van der Waals surface area contributed by atoms with Crippen LogP contribution in [-0.4, -0.2) is 36.6 Å². The quantitative estimate of drug-likeness (QED) is 0.670. The molecule has 2 rings (SSSR count). The van der Waals surface area contributed by atoms with Gasteiger partial charge in [-0.3, -0.25) is 4.79 Å². The molecule has 0 aromatic carbocycles. The second-order valence-electron chi connectivity index (χ2n) is 4.34. The molecular formula is C12H16N4O3. The highest BCUT2D eigenvalue weighted by molar-refractivity contribution is 5.95. The summed E-state index contributed by atoms with van der Waals surface area (Å²) in [6.45, 7) is 0.505. The Hall–Kier alpha value is -2.31. The summed E-state index contributed by atoms with van der Waals surface area (Å²) in [5.41, 5.74) is 6.30. The fourth-order valence-corrected chi connectivity index (χ4v) is 1.91. The summed E-state index contributed by atoms with van der Waals surface area (Å²) in [4.78, 5) is 26.8. The van der Waals surface area contributed by atoms with Crippen molar-refractivity contribution in [2.45, 2.75) is 18.9 Å². The Bertz CT molecular complexity index is 494. The van der Waals surface area contributed by atoms with E-state index >= 15 is 0 Å². The van der Waals surface area contributed by atoms with Crippen molar-refractivity contribution >= 4 is 23.4 Å². The number of ether oxygens (including phenoxy) is 1. The van der Waals surface area contributed by atoms with Gasteiger partial charge in [0.25, 0.3) is 0 Å². The van der Waals surface area contributed by atoms with Crippen molar-refractivity contribution in [3.63, 3.8) is 0 Å². The lowest BCUT2D eigenvalue weighted by molar-refractivity contribution is -0.122. The first kappa shape index (κ1) is 13.1. The van der Waals surface area contributed by atoms with E-state index < -0.39 is 5.97 Å². The number of nitrogens with two attached hydrogens (primary N) is 1. The minimum Gasteiger partial charge on any atom is -0.465 e. The van der Waals surface area contributed by atoms with Gasteiger partial charge in [0, 0.05) is 19.0 Å². The number of esters is 1. The molecule has 1 aromatic heterocycles. The lowest BCUT2D eigenvalue weighted by Crippen LogP contribution is -2.42. The van der Waals surface area contributed by atoms with E-state index in [1.807, 2.05) is 0 Å². The molecule has 1 aliphatic rings. The Morgan fingerprint density at radius 2 is 2.42 bits per heavy atom. The van der Waals surface area contributed by atoms with Gasteiger partial charge in [-0.15, -0.1) is 0 Å². The summed E-state index contributed by atoms with van der Waals surface area (Å²) >= 11 is 0. The van der Waals surface area contributed by atoms with Gasteiger partial charge in [0.2, 0.25) is 5.91 Å². The van der Waals surface area contributed by atoms with Gasteiger partial charge in [0.15, 0.2) is 0 Å². The highest BCUT2D eigenvalue weighted by atomic mass is 16.5. The molecular weight excluding hydrogens is 248 g/mol. The first-order chi connectivity index (χ1) is 9.10. The normalized spacial score (nSPS) is 18.6. The van der Waals surface area contributed by atoms with Crippen LogP contribution in [-0.2, 0) is 9.53 Å². The molecule has 1 saturated heterocycles. The highest BCUT2D eigenvalue weighted by Crippen LogP contribution is 2.19. The lowest BCUT2D eigenvalue weighted by atomic mass is 10.1. The van der Waals surface area contributed by atoms with Crippen molar-refractivity contribution in [3.8, 4) is 0 Å². The average Bonchev–Trinajstić information content (AvgIpc) is 2.42. The average molecular weight is 264 g/mol. The zero-order valence-corrected chi connectivity index (χ0v) is 10.6. The Kier molecular flexibility index (Phi) is 3.84. The summed E-state index contributed by atoms with van der Waals surface area (Å²) in [7, 11) is 1.30. The third-order valence-electron chi connectivity index (χ3n) is 2.92. The van der Waals surface area contributed by atoms with E-state index in [1.54, 1.807) is 0 Å². The van der Waals surface area contributed by atoms with Gasteiger partial charge in [0.1, 0.15) is 11.4 Å². The molecule has 19 heavy (non-hydrogen) atoms. The number of hydrogen-bond acceptors (Lipinski definition) is 6. The summed E-state index contributed by atoms with van der Waals surface area (Å²) < 4.78 is 4.69. The molecule has 0 saturated carbocycles. The molecule has 1 aliphatic heterocycles. The zero-order chi connectivity index (χ0) is 13.8. The second kappa shape index (κ2) is 5.55. The molecule has 0 spiro atoms. The summed E-state index contributed by atoms with van der Waals surface area (Å²) in [6, 6.07) is 1.56. The molecule has 0 radical (unpaired) electrons. The van der Waals surface area contributed by atoms with Crippen molar-refractivity contribution in [1.82, 2.24) is 10.3 Å². The van der Waals surface area contributed by atoms with Crippen molar-refractivity contribution < 1.29 is 14.3 Å². The third kappa shape index (κ3) is 3.12. The Balaban J connectivity index is 2.15. The third-order valence-corrected chi connectivity index (χ3v) is 2.92. The fourth-order valence-electron chi connectivity index (χ4n) is 1.91. The van der Waals surface area contributed by atoms with Gasteiger partial charge in [-0.1, -0.05) is 0 Å². The van der Waals surface area contributed by atoms with Crippen LogP contribution < -0.4 is 16.4 Å². The Labute approximate surface area is 110 Å². The second-order valence-corrected chi connectivity index (χ2v) is 4.34. The number of nitrogen functional groups attached to an aromatic ring is 1. The molecule has 4 N–H and O–H groups in total. The topological polar surface area (TPSA) is 106 Å². The lowest BCUT2D eigenvalue weighted by Gasteiger charge is -2.24. The minimum atomic E-state index is -0.498. The number of carbonyl (C=O) groups excluding carboxylic acids is 2. The molecule has 102 valence electrons. The van der Waals surface area contributed by atoms with Gasteiger partial charge in [0.05, 0.1) is 19.0 Å². The van der Waals surface area contributed by atoms with E-state index in [9.17, 15) is 9.59 Å². The van der Waals surface area contributed by atoms with Crippen molar-refractivity contribution in [2.24, 2.45) is 0 Å². The summed E-state index contributed by atoms with van der Waals surface area (Å²) in [6.07, 6.45) is 2.62. The number of nitrogens with zero attached hydrogens (tertiary/aromatic N) is 1. The Morgan fingerprint density at radius 1 is 1.63 bits per heavy atom. The number of hydrogen-bond donors (Lipinski definition) is 3. The molecule has 1 atom stereocenters. The zero-order valence-electron chi connectivity index (χ0n) is 10.6. The number of amides is 1. The standard InChI is InChI=1S/C12H16N4O3/c1-19-12(18)9-4-7(13)5-15-11(9)16-8-2-3-10(17)14-6-8/h4-5,8H,2-3,6,13H2,1H3,(H,14,17)(H,15,16). The van der Waals surface area contributed by atoms with E-state index in [0.717, 1.165) is 0 Å². The van der Waals surface area contributed by atoms with Gasteiger partial charge < -0.3 is 21.1 Å². The number of rotatable bonds is 3. The number of anilines is 2. The van der Waals surface area contributed by atoms with Crippen LogP contribution in [0, 0.1) is 0 Å². The first-order valence-corrected chi connectivity index (χ1v) is 5.97. The minimum absolute atomic E-state index is 0.0384. The van der Waals surface area contributed by atoms with Crippen molar-refractivity contribution in [3.05, 3.63) is 17.8 Å². The molecule has 2 heterocycles. The maximum Gasteiger partial charge on any atom is 0.341 e. The van der Waals surface area contributed by atoms with Crippen LogP contribution >= 0.6 is 0 Å². The van der Waals surface area contributed by atoms with E-state index in [4.69, 9.17) is 10.5 Å². The SMILES string of the molecule is COC(=O)c1cc(N)cnc1NC1CCC(=O)NC1. The number of piperidine rings is 1. The first-order valence-electron chi connectivity index (χ1n) is 5.97. The monoisotopic (exact) mass is 264 g/mol. The highest BCUT2D eigenvalue weighted by Gasteiger charge is 2.21. The smallest absolute Gasteiger partial charge is 0.341 e. The predicted octanol–water partition coefficient (Wildman–Crippen LogP) is 0.141. The van der Waals surface area contributed by atoms with Crippen LogP contribution in [0.5, 0.6) is 0 Å². The molecule has 1 aromatic rings. The van der Waals surface area contributed by atoms with Crippen molar-refractivity contribution in [2.75, 3.05) is 24.7 Å². The maximum absolute atomic E-state index is 11.7. The van der Waals surface area contributed by atoms with E-state index in [0.29, 0.717) is 36.5 Å². The van der Waals surface area contributed by atoms with Crippen LogP contribution in [0.2, 0.25) is 0 Å². The number of methoxy groups -OCH3 is 1. The van der Waals surface area contributed by atoms with E-state index in [-0.39, 0.29) is 11.9 Å². The van der Waals surface area contributed by atoms with Crippen molar-refractivity contribution in [1.29, 1.82) is 0 Å². The van der Waals surface area contributed by atoms with Crippen LogP contribution in [0.3, 0.4) is 0 Å². The van der Waals surface area contributed by atoms with Gasteiger partial charge in [-0.2, -0.15) is 0 Å². The van der Waals surface area contributed by atoms with E-state index in [2.05, 4.69) is 15.6 Å². The molecule has 0 bridgehead atoms. The largest absolute Gasteiger partial charge is 0.465 e. The van der Waals surface area contributed by atoms with E-state index in [1.165, 1.54) is 19.4 Å². The Morgan fingerprint density at radius 3 is 3.05 bits per heavy atom. The van der Waals surface area contributed by atoms with Crippen LogP contribution in [0.4, 0.5) is 11.5 Å². The van der Waals surface area contributed by atoms with Crippen LogP contribution in [0.15, 0.2) is 12.3 Å². The number of pyridine rings is 1. The number of nitrogens with one attached hydrogen (secondary N) is 2. The van der Waals surface area contributed by atoms with Gasteiger partial charge in [-0.25, -0.2) is 9.78 Å². The molecule has 0 aliphatic carbocycles. The van der Waals surface area contributed by atoms with Gasteiger partial charge in [-0.05, 0) is 12.5 Å². The molecule has 1 unspecified atom stereocenters. The molecule has 1 fully saturated rings. The fraction of sp³-hybridized carbons (Fsp3) is 0.417. The predicted molar refractivity (Wildman–Crippen MR) is 69.6 cm³/mol. The summed E-state index contributed by atoms with van der Waals surface area (Å²) in [5, 5.41) is 5.89. The number of carbonyl (C=O) groups is 2. The van der Waals surface area contributed by atoms with Gasteiger partial charge >= 0.3 is 5.97 Å². The van der Waals surface area contributed by atoms with Crippen LogP contribution in [0.25, 0.3) is 0 Å². The molecule has 7 heteroatoms.